The Morgan fingerprint density at radius 3 is 2.35 bits per heavy atom. The van der Waals surface area contributed by atoms with Crippen LogP contribution in [0.5, 0.6) is 0 Å². The summed E-state index contributed by atoms with van der Waals surface area (Å²) in [7, 11) is 3.93. The van der Waals surface area contributed by atoms with Crippen LogP contribution >= 0.6 is 0 Å². The van der Waals surface area contributed by atoms with Crippen LogP contribution in [-0.4, -0.2) is 19.8 Å². The van der Waals surface area contributed by atoms with Gasteiger partial charge in [-0.25, -0.2) is 0 Å². The van der Waals surface area contributed by atoms with E-state index < -0.39 is 0 Å². The zero-order valence-electron chi connectivity index (χ0n) is 13.5. The first-order chi connectivity index (χ1) is 9.68. The largest absolute Gasteiger partial charge is 0.378 e. The molecule has 1 fully saturated rings. The fraction of sp³-hybridized carbons (Fsp3) is 0.667. The van der Waals surface area contributed by atoms with E-state index in [0.29, 0.717) is 6.04 Å². The van der Waals surface area contributed by atoms with Crippen molar-refractivity contribution in [3.63, 3.8) is 0 Å². The second kappa shape index (κ2) is 6.73. The zero-order chi connectivity index (χ0) is 14.6. The highest BCUT2D eigenvalue weighted by Gasteiger charge is 2.39. The van der Waals surface area contributed by atoms with Crippen LogP contribution in [0.25, 0.3) is 0 Å². The molecule has 112 valence electrons. The summed E-state index contributed by atoms with van der Waals surface area (Å²) in [5, 5.41) is 3.49. The van der Waals surface area contributed by atoms with Gasteiger partial charge in [0, 0.05) is 13.2 Å². The highest BCUT2D eigenvalue weighted by Crippen LogP contribution is 2.41. The second-order valence-electron chi connectivity index (χ2n) is 6.02. The van der Waals surface area contributed by atoms with Gasteiger partial charge < -0.3 is 10.1 Å². The van der Waals surface area contributed by atoms with Crippen LogP contribution in [0.1, 0.15) is 62.3 Å². The molecule has 1 N–H and O–H groups in total. The van der Waals surface area contributed by atoms with Crippen molar-refractivity contribution in [2.24, 2.45) is 0 Å². The number of hydrogen-bond acceptors (Lipinski definition) is 2. The summed E-state index contributed by atoms with van der Waals surface area (Å²) in [4.78, 5) is 0. The smallest absolute Gasteiger partial charge is 0.0697 e. The molecule has 0 spiro atoms. The van der Waals surface area contributed by atoms with Gasteiger partial charge in [-0.3, -0.25) is 0 Å². The molecular weight excluding hydrogens is 246 g/mol. The summed E-state index contributed by atoms with van der Waals surface area (Å²) in [6.45, 7) is 4.48. The van der Waals surface area contributed by atoms with Gasteiger partial charge in [-0.05, 0) is 62.3 Å². The van der Waals surface area contributed by atoms with Crippen molar-refractivity contribution in [2.75, 3.05) is 14.2 Å². The van der Waals surface area contributed by atoms with Crippen molar-refractivity contribution in [1.82, 2.24) is 5.32 Å². The van der Waals surface area contributed by atoms with Crippen LogP contribution in [0.2, 0.25) is 0 Å². The third kappa shape index (κ3) is 3.07. The Morgan fingerprint density at radius 2 is 1.90 bits per heavy atom. The first kappa shape index (κ1) is 15.5. The zero-order valence-corrected chi connectivity index (χ0v) is 13.5. The van der Waals surface area contributed by atoms with Crippen LogP contribution in [0, 0.1) is 0 Å². The molecule has 0 radical (unpaired) electrons. The van der Waals surface area contributed by atoms with E-state index in [1.54, 1.807) is 0 Å². The molecule has 0 aromatic heterocycles. The maximum absolute atomic E-state index is 5.79. The summed E-state index contributed by atoms with van der Waals surface area (Å²) in [6.07, 6.45) is 7.02. The molecule has 1 aliphatic rings. The monoisotopic (exact) mass is 275 g/mol. The van der Waals surface area contributed by atoms with E-state index in [4.69, 9.17) is 4.74 Å². The Kier molecular flexibility index (Phi) is 5.22. The van der Waals surface area contributed by atoms with Gasteiger partial charge in [0.25, 0.3) is 0 Å². The third-order valence-corrected chi connectivity index (χ3v) is 5.02. The Morgan fingerprint density at radius 1 is 1.20 bits per heavy atom. The van der Waals surface area contributed by atoms with Crippen LogP contribution in [0.4, 0.5) is 0 Å². The lowest BCUT2D eigenvalue weighted by molar-refractivity contribution is -0.0834. The molecule has 0 saturated heterocycles. The van der Waals surface area contributed by atoms with Crippen molar-refractivity contribution >= 4 is 0 Å². The van der Waals surface area contributed by atoms with E-state index in [2.05, 4.69) is 44.4 Å². The maximum atomic E-state index is 5.79. The van der Waals surface area contributed by atoms with Gasteiger partial charge in [0.2, 0.25) is 0 Å². The number of nitrogens with one attached hydrogen (secondary N) is 1. The highest BCUT2D eigenvalue weighted by molar-refractivity contribution is 5.34. The van der Waals surface area contributed by atoms with Gasteiger partial charge >= 0.3 is 0 Å². The predicted molar refractivity (Wildman–Crippen MR) is 85.2 cm³/mol. The van der Waals surface area contributed by atoms with Gasteiger partial charge in [-0.2, -0.15) is 0 Å². The van der Waals surface area contributed by atoms with Crippen LogP contribution in [0.15, 0.2) is 18.2 Å². The number of benzene rings is 1. The number of rotatable bonds is 7. The Bertz CT molecular complexity index is 432. The van der Waals surface area contributed by atoms with Crippen LogP contribution in [-0.2, 0) is 17.6 Å². The average molecular weight is 275 g/mol. The van der Waals surface area contributed by atoms with Gasteiger partial charge in [0.1, 0.15) is 0 Å². The summed E-state index contributed by atoms with van der Waals surface area (Å²) in [5.74, 6) is 0. The lowest BCUT2D eigenvalue weighted by Crippen LogP contribution is -2.42. The molecule has 1 saturated carbocycles. The van der Waals surface area contributed by atoms with E-state index in [9.17, 15) is 0 Å². The quantitative estimate of drug-likeness (QED) is 0.811. The first-order valence-electron chi connectivity index (χ1n) is 8.02. The Hall–Kier alpha value is -0.860. The number of hydrogen-bond donors (Lipinski definition) is 1. The van der Waals surface area contributed by atoms with Crippen LogP contribution < -0.4 is 5.32 Å². The van der Waals surface area contributed by atoms with E-state index in [1.165, 1.54) is 36.0 Å². The van der Waals surface area contributed by atoms with E-state index in [-0.39, 0.29) is 5.60 Å². The molecule has 20 heavy (non-hydrogen) atoms. The summed E-state index contributed by atoms with van der Waals surface area (Å²) in [5.41, 5.74) is 4.50. The van der Waals surface area contributed by atoms with Gasteiger partial charge in [0.15, 0.2) is 0 Å². The number of ether oxygens (including phenoxy) is 1. The van der Waals surface area contributed by atoms with Crippen molar-refractivity contribution in [3.8, 4) is 0 Å². The molecule has 1 aromatic carbocycles. The minimum atomic E-state index is 0.115. The molecule has 2 nitrogen and oxygen atoms in total. The molecule has 0 aliphatic heterocycles. The van der Waals surface area contributed by atoms with E-state index in [0.717, 1.165) is 19.3 Å². The fourth-order valence-electron chi connectivity index (χ4n) is 3.36. The number of methoxy groups -OCH3 is 1. The first-order valence-corrected chi connectivity index (χ1v) is 8.02. The molecule has 0 heterocycles. The van der Waals surface area contributed by atoms with Crippen LogP contribution in [0.3, 0.4) is 0 Å². The molecule has 1 aromatic rings. The molecule has 0 bridgehead atoms. The average Bonchev–Trinajstić information content (AvgIpc) is 2.46. The SMILES string of the molecule is CCc1ccc(C(CC2(OC)CCC2)NC)cc1CC. The molecule has 2 heteroatoms. The van der Waals surface area contributed by atoms with Crippen molar-refractivity contribution in [1.29, 1.82) is 0 Å². The molecule has 0 amide bonds. The fourth-order valence-corrected chi connectivity index (χ4v) is 3.36. The molecule has 1 aliphatic carbocycles. The molecular formula is C18H29NO. The predicted octanol–water partition coefficient (Wildman–Crippen LogP) is 4.03. The summed E-state index contributed by atoms with van der Waals surface area (Å²) < 4.78 is 5.79. The molecule has 1 atom stereocenters. The normalized spacial score (nSPS) is 18.6. The lowest BCUT2D eigenvalue weighted by atomic mass is 9.74. The second-order valence-corrected chi connectivity index (χ2v) is 6.02. The summed E-state index contributed by atoms with van der Waals surface area (Å²) >= 11 is 0. The topological polar surface area (TPSA) is 21.3 Å². The van der Waals surface area contributed by atoms with Gasteiger partial charge in [-0.15, -0.1) is 0 Å². The maximum Gasteiger partial charge on any atom is 0.0697 e. The molecule has 1 unspecified atom stereocenters. The van der Waals surface area contributed by atoms with E-state index in [1.807, 2.05) is 7.11 Å². The number of aryl methyl sites for hydroxylation is 2. The third-order valence-electron chi connectivity index (χ3n) is 5.02. The highest BCUT2D eigenvalue weighted by atomic mass is 16.5. The van der Waals surface area contributed by atoms with Crippen molar-refractivity contribution in [3.05, 3.63) is 34.9 Å². The molecule has 2 rings (SSSR count). The Balaban J connectivity index is 2.18. The van der Waals surface area contributed by atoms with E-state index >= 15 is 0 Å². The summed E-state index contributed by atoms with van der Waals surface area (Å²) in [6, 6.07) is 7.38. The minimum Gasteiger partial charge on any atom is -0.378 e. The van der Waals surface area contributed by atoms with Crippen molar-refractivity contribution in [2.45, 2.75) is 64.0 Å². The minimum absolute atomic E-state index is 0.115. The lowest BCUT2D eigenvalue weighted by Gasteiger charge is -2.43. The standard InChI is InChI=1S/C18H29NO/c1-5-14-8-9-16(12-15(14)6-2)17(19-3)13-18(20-4)10-7-11-18/h8-9,12,17,19H,5-7,10-11,13H2,1-4H3. The van der Waals surface area contributed by atoms with Crippen molar-refractivity contribution < 1.29 is 4.74 Å². The van der Waals surface area contributed by atoms with Gasteiger partial charge in [0.05, 0.1) is 5.60 Å². The Labute approximate surface area is 123 Å². The van der Waals surface area contributed by atoms with Gasteiger partial charge in [-0.1, -0.05) is 32.0 Å².